The third-order valence-corrected chi connectivity index (χ3v) is 6.36. The Morgan fingerprint density at radius 2 is 1.84 bits per heavy atom. The zero-order valence-electron chi connectivity index (χ0n) is 18.2. The number of ether oxygens (including phenoxy) is 1. The Bertz CT molecular complexity index is 854. The van der Waals surface area contributed by atoms with E-state index in [1.54, 1.807) is 6.08 Å². The molecule has 0 aromatic heterocycles. The maximum Gasteiger partial charge on any atom is 0.326 e. The summed E-state index contributed by atoms with van der Waals surface area (Å²) in [6.45, 7) is 2.87. The minimum absolute atomic E-state index is 0.0883. The zero-order chi connectivity index (χ0) is 23.5. The van der Waals surface area contributed by atoms with Crippen LogP contribution in [0.1, 0.15) is 63.9 Å². The van der Waals surface area contributed by atoms with Crippen LogP contribution in [0.2, 0.25) is 0 Å². The lowest BCUT2D eigenvalue weighted by Gasteiger charge is -2.22. The molecule has 7 nitrogen and oxygen atoms in total. The first-order chi connectivity index (χ1) is 15.3. The molecule has 0 aliphatic carbocycles. The Labute approximate surface area is 198 Å². The molecule has 3 N–H and O–H groups in total. The molecule has 174 valence electrons. The van der Waals surface area contributed by atoms with Crippen molar-refractivity contribution >= 4 is 52.2 Å². The molecule has 1 saturated heterocycles. The van der Waals surface area contributed by atoms with Gasteiger partial charge in [-0.05, 0) is 36.6 Å². The molecular weight excluding hydrogens is 448 g/mol. The van der Waals surface area contributed by atoms with E-state index >= 15 is 0 Å². The van der Waals surface area contributed by atoms with Gasteiger partial charge in [0, 0.05) is 6.42 Å². The largest absolute Gasteiger partial charge is 0.494 e. The van der Waals surface area contributed by atoms with Crippen molar-refractivity contribution in [2.24, 2.45) is 5.73 Å². The van der Waals surface area contributed by atoms with Crippen LogP contribution in [-0.2, 0) is 14.4 Å². The van der Waals surface area contributed by atoms with E-state index in [-0.39, 0.29) is 17.2 Å². The Hall–Kier alpha value is -2.39. The smallest absolute Gasteiger partial charge is 0.326 e. The third-order valence-electron chi connectivity index (χ3n) is 5.03. The van der Waals surface area contributed by atoms with Crippen LogP contribution >= 0.6 is 24.0 Å². The highest BCUT2D eigenvalue weighted by atomic mass is 32.2. The van der Waals surface area contributed by atoms with Crippen molar-refractivity contribution in [1.29, 1.82) is 0 Å². The second-order valence-corrected chi connectivity index (χ2v) is 9.27. The second kappa shape index (κ2) is 13.2. The van der Waals surface area contributed by atoms with Crippen LogP contribution in [0.5, 0.6) is 5.75 Å². The summed E-state index contributed by atoms with van der Waals surface area (Å²) >= 11 is 6.27. The molecule has 0 spiro atoms. The molecule has 1 aliphatic heterocycles. The van der Waals surface area contributed by atoms with Crippen LogP contribution in [0, 0.1) is 0 Å². The lowest BCUT2D eigenvalue weighted by molar-refractivity contribution is -0.145. The van der Waals surface area contributed by atoms with Crippen molar-refractivity contribution in [2.45, 2.75) is 64.3 Å². The maximum atomic E-state index is 12.8. The fourth-order valence-electron chi connectivity index (χ4n) is 3.27. The van der Waals surface area contributed by atoms with Gasteiger partial charge in [0.05, 0.1) is 11.5 Å². The number of aliphatic carboxylic acids is 1. The minimum Gasteiger partial charge on any atom is -0.494 e. The summed E-state index contributed by atoms with van der Waals surface area (Å²) in [6.07, 6.45) is 8.65. The molecule has 0 bridgehead atoms. The van der Waals surface area contributed by atoms with E-state index in [0.29, 0.717) is 11.5 Å². The molecule has 0 saturated carbocycles. The summed E-state index contributed by atoms with van der Waals surface area (Å²) in [7, 11) is 0. The van der Waals surface area contributed by atoms with Crippen LogP contribution in [0.25, 0.3) is 6.08 Å². The molecule has 0 unspecified atom stereocenters. The Morgan fingerprint density at radius 3 is 2.47 bits per heavy atom. The first kappa shape index (κ1) is 25.9. The number of thioether (sulfide) groups is 1. The van der Waals surface area contributed by atoms with Crippen LogP contribution in [-0.4, -0.2) is 44.8 Å². The average Bonchev–Trinajstić information content (AvgIpc) is 3.02. The van der Waals surface area contributed by atoms with E-state index in [2.05, 4.69) is 6.92 Å². The lowest BCUT2D eigenvalue weighted by Crippen LogP contribution is -2.44. The topological polar surface area (TPSA) is 110 Å². The highest BCUT2D eigenvalue weighted by Gasteiger charge is 2.40. The number of primary amides is 1. The quantitative estimate of drug-likeness (QED) is 0.232. The van der Waals surface area contributed by atoms with Crippen molar-refractivity contribution in [2.75, 3.05) is 6.61 Å². The van der Waals surface area contributed by atoms with Gasteiger partial charge < -0.3 is 15.6 Å². The van der Waals surface area contributed by atoms with Gasteiger partial charge in [0.1, 0.15) is 16.1 Å². The van der Waals surface area contributed by atoms with E-state index in [4.69, 9.17) is 22.7 Å². The summed E-state index contributed by atoms with van der Waals surface area (Å²) in [6, 6.07) is 6.14. The monoisotopic (exact) mass is 478 g/mol. The van der Waals surface area contributed by atoms with E-state index < -0.39 is 23.8 Å². The number of thiocarbonyl (C=S) groups is 1. The molecule has 2 amide bonds. The van der Waals surface area contributed by atoms with Crippen LogP contribution in [0.15, 0.2) is 29.2 Å². The molecular formula is C23H30N2O5S2. The molecule has 2 rings (SSSR count). The number of carbonyl (C=O) groups is 3. The van der Waals surface area contributed by atoms with Crippen molar-refractivity contribution < 1.29 is 24.2 Å². The van der Waals surface area contributed by atoms with E-state index in [0.717, 1.165) is 40.8 Å². The van der Waals surface area contributed by atoms with E-state index in [1.807, 2.05) is 24.3 Å². The molecule has 1 heterocycles. The fourth-order valence-corrected chi connectivity index (χ4v) is 4.63. The van der Waals surface area contributed by atoms with Gasteiger partial charge in [-0.2, -0.15) is 0 Å². The van der Waals surface area contributed by atoms with Gasteiger partial charge in [0.25, 0.3) is 5.91 Å². The van der Waals surface area contributed by atoms with Gasteiger partial charge in [-0.1, -0.05) is 75.1 Å². The molecule has 1 aromatic carbocycles. The fraction of sp³-hybridized carbons (Fsp3) is 0.478. The predicted molar refractivity (Wildman–Crippen MR) is 130 cm³/mol. The summed E-state index contributed by atoms with van der Waals surface area (Å²) in [5.41, 5.74) is 5.90. The predicted octanol–water partition coefficient (Wildman–Crippen LogP) is 4.35. The second-order valence-electron chi connectivity index (χ2n) is 7.60. The number of unbranched alkanes of at least 4 members (excludes halogenated alkanes) is 5. The lowest BCUT2D eigenvalue weighted by atomic mass is 10.1. The van der Waals surface area contributed by atoms with Gasteiger partial charge in [0.2, 0.25) is 5.91 Å². The first-order valence-corrected chi connectivity index (χ1v) is 12.1. The number of carboxylic acids is 1. The van der Waals surface area contributed by atoms with Gasteiger partial charge in [-0.3, -0.25) is 14.5 Å². The summed E-state index contributed by atoms with van der Waals surface area (Å²) < 4.78 is 5.92. The summed E-state index contributed by atoms with van der Waals surface area (Å²) in [4.78, 5) is 36.8. The van der Waals surface area contributed by atoms with Crippen LogP contribution < -0.4 is 10.5 Å². The number of carbonyl (C=O) groups excluding carboxylic acids is 2. The molecule has 1 aliphatic rings. The number of nitrogens with two attached hydrogens (primary N) is 1. The van der Waals surface area contributed by atoms with E-state index in [1.165, 1.54) is 25.7 Å². The normalized spacial score (nSPS) is 15.9. The number of benzene rings is 1. The molecule has 1 aromatic rings. The van der Waals surface area contributed by atoms with Gasteiger partial charge in [0.15, 0.2) is 0 Å². The van der Waals surface area contributed by atoms with Gasteiger partial charge in [-0.25, -0.2) is 4.79 Å². The summed E-state index contributed by atoms with van der Waals surface area (Å²) in [5, 5.41) is 9.48. The van der Waals surface area contributed by atoms with Gasteiger partial charge in [-0.15, -0.1) is 0 Å². The van der Waals surface area contributed by atoms with Gasteiger partial charge >= 0.3 is 5.97 Å². The minimum atomic E-state index is -1.23. The third kappa shape index (κ3) is 7.94. The molecule has 1 fully saturated rings. The van der Waals surface area contributed by atoms with Crippen LogP contribution in [0.3, 0.4) is 0 Å². The molecule has 9 heteroatoms. The Kier molecular flexibility index (Phi) is 10.7. The van der Waals surface area contributed by atoms with Crippen LogP contribution in [0.4, 0.5) is 0 Å². The number of rotatable bonds is 14. The Balaban J connectivity index is 1.94. The van der Waals surface area contributed by atoms with Crippen molar-refractivity contribution in [3.8, 4) is 5.75 Å². The van der Waals surface area contributed by atoms with Crippen molar-refractivity contribution in [1.82, 2.24) is 4.90 Å². The average molecular weight is 479 g/mol. The standard InChI is InChI=1S/C23H30N2O5S2/c1-2-3-4-5-6-7-14-30-17-10-8-16(9-11-17)15-19-21(27)25(23(31)32-19)18(22(28)29)12-13-20(24)26/h8-11,15,18H,2-7,12-14H2,1H3,(H2,24,26)(H,28,29)/b19-15+/t18-/m1/s1. The number of hydrogen-bond acceptors (Lipinski definition) is 6. The number of hydrogen-bond donors (Lipinski definition) is 2. The molecule has 1 atom stereocenters. The number of nitrogens with zero attached hydrogens (tertiary/aromatic N) is 1. The highest BCUT2D eigenvalue weighted by Crippen LogP contribution is 2.35. The summed E-state index contributed by atoms with van der Waals surface area (Å²) in [5.74, 6) is -1.58. The Morgan fingerprint density at radius 1 is 1.19 bits per heavy atom. The van der Waals surface area contributed by atoms with E-state index in [9.17, 15) is 19.5 Å². The zero-order valence-corrected chi connectivity index (χ0v) is 19.9. The maximum absolute atomic E-state index is 12.8. The molecule has 32 heavy (non-hydrogen) atoms. The van der Waals surface area contributed by atoms with Crippen molar-refractivity contribution in [3.63, 3.8) is 0 Å². The SMILES string of the molecule is CCCCCCCCOc1ccc(/C=C2/SC(=S)N([C@H](CCC(N)=O)C(=O)O)C2=O)cc1. The first-order valence-electron chi connectivity index (χ1n) is 10.8. The number of amides is 2. The van der Waals surface area contributed by atoms with Crippen molar-refractivity contribution in [3.05, 3.63) is 34.7 Å². The molecule has 0 radical (unpaired) electrons. The number of carboxylic acid groups (broad SMARTS) is 1. The highest BCUT2D eigenvalue weighted by molar-refractivity contribution is 8.26.